The van der Waals surface area contributed by atoms with E-state index in [2.05, 4.69) is 19.9 Å². The van der Waals surface area contributed by atoms with E-state index in [4.69, 9.17) is 9.84 Å². The second-order valence-electron chi connectivity index (χ2n) is 11.4. The van der Waals surface area contributed by atoms with Gasteiger partial charge in [-0.15, -0.1) is 0 Å². The van der Waals surface area contributed by atoms with Crippen molar-refractivity contribution in [3.8, 4) is 0 Å². The Kier molecular flexibility index (Phi) is 9.47. The second kappa shape index (κ2) is 12.4. The Morgan fingerprint density at radius 2 is 1.20 bits per heavy atom. The number of nitrogens with one attached hydrogen (secondary N) is 2. The van der Waals surface area contributed by atoms with Crippen LogP contribution in [0.5, 0.6) is 0 Å². The molecule has 4 rings (SSSR count). The van der Waals surface area contributed by atoms with Crippen LogP contribution in [0.1, 0.15) is 64.3 Å². The highest BCUT2D eigenvalue weighted by Crippen LogP contribution is 2.25. The van der Waals surface area contributed by atoms with Crippen LogP contribution in [0.2, 0.25) is 0 Å². The molecule has 218 valence electrons. The second-order valence-corrected chi connectivity index (χ2v) is 11.4. The molecule has 0 saturated carbocycles. The number of H-pyrrole nitrogens is 2. The summed E-state index contributed by atoms with van der Waals surface area (Å²) in [6, 6.07) is 10.9. The number of benzene rings is 2. The van der Waals surface area contributed by atoms with E-state index in [0.29, 0.717) is 59.1 Å². The first-order valence-electron chi connectivity index (χ1n) is 13.6. The Hall–Kier alpha value is -4.34. The molecule has 0 aliphatic rings. The third-order valence-electron chi connectivity index (χ3n) is 6.92. The topological polar surface area (TPSA) is 155 Å². The molecule has 41 heavy (non-hydrogen) atoms. The number of aryl methyl sites for hydroxylation is 2. The smallest absolute Gasteiger partial charge is 0.311 e. The molecule has 0 radical (unpaired) electrons. The lowest BCUT2D eigenvalue weighted by atomic mass is 9.85. The lowest BCUT2D eigenvalue weighted by molar-refractivity contribution is -0.150. The quantitative estimate of drug-likeness (QED) is 0.268. The van der Waals surface area contributed by atoms with Crippen LogP contribution in [0.4, 0.5) is 0 Å². The van der Waals surface area contributed by atoms with Crippen LogP contribution in [-0.4, -0.2) is 44.1 Å². The molecule has 2 aromatic carbocycles. The summed E-state index contributed by atoms with van der Waals surface area (Å²) >= 11 is 0. The molecular formula is C31H38N4O6. The van der Waals surface area contributed by atoms with E-state index in [-0.39, 0.29) is 17.1 Å². The Morgan fingerprint density at radius 3 is 1.56 bits per heavy atom. The number of carbonyl (C=O) groups excluding carboxylic acids is 1. The Balaban J connectivity index is 0.000000226. The predicted molar refractivity (Wildman–Crippen MR) is 158 cm³/mol. The first-order chi connectivity index (χ1) is 19.2. The highest BCUT2D eigenvalue weighted by atomic mass is 16.5. The van der Waals surface area contributed by atoms with Gasteiger partial charge in [-0.2, -0.15) is 0 Å². The van der Waals surface area contributed by atoms with Crippen molar-refractivity contribution in [3.63, 3.8) is 0 Å². The minimum Gasteiger partial charge on any atom is -0.481 e. The Bertz CT molecular complexity index is 1700. The van der Waals surface area contributed by atoms with Crippen molar-refractivity contribution in [1.82, 2.24) is 19.9 Å². The largest absolute Gasteiger partial charge is 0.481 e. The van der Waals surface area contributed by atoms with Crippen LogP contribution in [0.3, 0.4) is 0 Å². The van der Waals surface area contributed by atoms with Crippen LogP contribution in [0.15, 0.2) is 46.0 Å². The van der Waals surface area contributed by atoms with Crippen LogP contribution in [0, 0.1) is 10.8 Å². The number of hydrogen-bond donors (Lipinski definition) is 3. The number of carboxylic acids is 1. The molecule has 10 nitrogen and oxygen atoms in total. The number of aromatic amines is 2. The monoisotopic (exact) mass is 562 g/mol. The van der Waals surface area contributed by atoms with E-state index in [0.717, 1.165) is 11.1 Å². The molecule has 2 heterocycles. The SMILES string of the molecule is CCc1nc2ccc(CC(C)(C)C(=O)O)cc2c(=O)[nH]1.CCc1nc2ccc(CC(C)(C)C(=O)OC)cc2c(=O)[nH]1. The maximum Gasteiger partial charge on any atom is 0.311 e. The third-order valence-corrected chi connectivity index (χ3v) is 6.92. The van der Waals surface area contributed by atoms with E-state index >= 15 is 0 Å². The van der Waals surface area contributed by atoms with Crippen molar-refractivity contribution in [3.05, 3.63) is 79.9 Å². The van der Waals surface area contributed by atoms with Crippen LogP contribution in [-0.2, 0) is 40.0 Å². The van der Waals surface area contributed by atoms with Gasteiger partial charge in [0.2, 0.25) is 0 Å². The average Bonchev–Trinajstić information content (AvgIpc) is 2.92. The molecule has 2 aromatic heterocycles. The molecule has 0 atom stereocenters. The number of esters is 1. The molecule has 0 spiro atoms. The number of nitrogens with zero attached hydrogens (tertiary/aromatic N) is 2. The van der Waals surface area contributed by atoms with Gasteiger partial charge in [-0.3, -0.25) is 19.2 Å². The summed E-state index contributed by atoms with van der Waals surface area (Å²) in [5.41, 5.74) is 1.23. The number of carboxylic acid groups (broad SMARTS) is 1. The zero-order chi connectivity index (χ0) is 30.5. The van der Waals surface area contributed by atoms with E-state index in [1.165, 1.54) is 7.11 Å². The van der Waals surface area contributed by atoms with Gasteiger partial charge in [0.25, 0.3) is 11.1 Å². The molecule has 0 saturated heterocycles. The first-order valence-corrected chi connectivity index (χ1v) is 13.6. The molecule has 0 fully saturated rings. The Labute approximate surface area is 238 Å². The fraction of sp³-hybridized carbons (Fsp3) is 0.419. The number of hydrogen-bond acceptors (Lipinski definition) is 7. The van der Waals surface area contributed by atoms with Crippen molar-refractivity contribution in [2.45, 2.75) is 67.2 Å². The first kappa shape index (κ1) is 31.2. The molecule has 0 bridgehead atoms. The zero-order valence-corrected chi connectivity index (χ0v) is 24.7. The van der Waals surface area contributed by atoms with Gasteiger partial charge in [0, 0.05) is 12.8 Å². The number of rotatable bonds is 8. The number of methoxy groups -OCH3 is 1. The van der Waals surface area contributed by atoms with Crippen molar-refractivity contribution in [2.24, 2.45) is 10.8 Å². The molecule has 10 heteroatoms. The van der Waals surface area contributed by atoms with Gasteiger partial charge in [-0.1, -0.05) is 26.0 Å². The number of fused-ring (bicyclic) bond motifs is 2. The molecule has 0 unspecified atom stereocenters. The van der Waals surface area contributed by atoms with Crippen LogP contribution < -0.4 is 11.1 Å². The lowest BCUT2D eigenvalue weighted by Crippen LogP contribution is -2.28. The molecule has 0 amide bonds. The molecule has 0 aliphatic heterocycles. The van der Waals surface area contributed by atoms with Crippen LogP contribution in [0.25, 0.3) is 21.8 Å². The summed E-state index contributed by atoms with van der Waals surface area (Å²) in [6.45, 7) is 10.9. The standard InChI is InChI=1S/C16H20N2O3.C15H18N2O3/c1-5-13-17-12-7-6-10(8-11(12)14(19)18-13)9-16(2,3)15(20)21-4;1-4-12-16-11-6-5-9(7-10(11)13(18)17-12)8-15(2,3)14(19)20/h6-8H,5,9H2,1-4H3,(H,17,18,19);5-7H,4,8H2,1-3H3,(H,19,20)(H,16,17,18). The number of aliphatic carboxylic acids is 1. The van der Waals surface area contributed by atoms with Gasteiger partial charge in [0.05, 0.1) is 39.7 Å². The van der Waals surface area contributed by atoms with E-state index in [1.54, 1.807) is 32.0 Å². The predicted octanol–water partition coefficient (Wildman–Crippen LogP) is 4.37. The number of carbonyl (C=O) groups is 2. The summed E-state index contributed by atoms with van der Waals surface area (Å²) in [4.78, 5) is 61.2. The summed E-state index contributed by atoms with van der Waals surface area (Å²) < 4.78 is 4.81. The summed E-state index contributed by atoms with van der Waals surface area (Å²) in [6.07, 6.45) is 2.22. The van der Waals surface area contributed by atoms with Crippen LogP contribution >= 0.6 is 0 Å². The molecule has 3 N–H and O–H groups in total. The van der Waals surface area contributed by atoms with Crippen molar-refractivity contribution >= 4 is 33.7 Å². The highest BCUT2D eigenvalue weighted by molar-refractivity contribution is 5.80. The summed E-state index contributed by atoms with van der Waals surface area (Å²) in [5.74, 6) is 0.207. The third kappa shape index (κ3) is 7.45. The van der Waals surface area contributed by atoms with Gasteiger partial charge in [-0.25, -0.2) is 9.97 Å². The van der Waals surface area contributed by atoms with Gasteiger partial charge in [0.15, 0.2) is 0 Å². The Morgan fingerprint density at radius 1 is 0.780 bits per heavy atom. The molecule has 0 aliphatic carbocycles. The minimum atomic E-state index is -0.864. The highest BCUT2D eigenvalue weighted by Gasteiger charge is 2.29. The van der Waals surface area contributed by atoms with Gasteiger partial charge < -0.3 is 19.8 Å². The minimum absolute atomic E-state index is 0.144. The maximum atomic E-state index is 12.1. The molecular weight excluding hydrogens is 524 g/mol. The normalized spacial score (nSPS) is 11.7. The van der Waals surface area contributed by atoms with E-state index < -0.39 is 16.8 Å². The average molecular weight is 563 g/mol. The summed E-state index contributed by atoms with van der Waals surface area (Å²) in [5, 5.41) is 10.2. The van der Waals surface area contributed by atoms with Crippen molar-refractivity contribution in [1.29, 1.82) is 0 Å². The van der Waals surface area contributed by atoms with Gasteiger partial charge >= 0.3 is 11.9 Å². The van der Waals surface area contributed by atoms with Gasteiger partial charge in [0.1, 0.15) is 11.6 Å². The maximum absolute atomic E-state index is 12.1. The van der Waals surface area contributed by atoms with Gasteiger partial charge in [-0.05, 0) is 75.9 Å². The molecule has 4 aromatic rings. The fourth-order valence-electron chi connectivity index (χ4n) is 4.47. The van der Waals surface area contributed by atoms with Crippen molar-refractivity contribution in [2.75, 3.05) is 7.11 Å². The van der Waals surface area contributed by atoms with E-state index in [9.17, 15) is 19.2 Å². The number of aromatic nitrogens is 4. The fourth-order valence-corrected chi connectivity index (χ4v) is 4.47. The lowest BCUT2D eigenvalue weighted by Gasteiger charge is -2.21. The zero-order valence-electron chi connectivity index (χ0n) is 24.7. The summed E-state index contributed by atoms with van der Waals surface area (Å²) in [7, 11) is 1.38. The van der Waals surface area contributed by atoms with E-state index in [1.807, 2.05) is 45.9 Å². The number of ether oxygens (including phenoxy) is 1. The van der Waals surface area contributed by atoms with Crippen molar-refractivity contribution < 1.29 is 19.4 Å².